The minimum absolute atomic E-state index is 0.0786. The SMILES string of the molecule is NC(CCO)c1cc(I)c(O)c(I)c1. The average molecular weight is 419 g/mol. The molecule has 1 rings (SSSR count). The second-order valence-electron chi connectivity index (χ2n) is 2.95. The molecule has 3 nitrogen and oxygen atoms in total. The summed E-state index contributed by atoms with van der Waals surface area (Å²) < 4.78 is 1.58. The molecular weight excluding hydrogens is 408 g/mol. The fourth-order valence-corrected chi connectivity index (χ4v) is 2.92. The minimum Gasteiger partial charge on any atom is -0.506 e. The Hall–Kier alpha value is 0.400. The summed E-state index contributed by atoms with van der Waals surface area (Å²) in [5.74, 6) is 0.297. The van der Waals surface area contributed by atoms with Gasteiger partial charge in [0.15, 0.2) is 0 Å². The number of hydrogen-bond acceptors (Lipinski definition) is 3. The van der Waals surface area contributed by atoms with E-state index in [9.17, 15) is 5.11 Å². The van der Waals surface area contributed by atoms with Gasteiger partial charge >= 0.3 is 0 Å². The molecule has 14 heavy (non-hydrogen) atoms. The first-order chi connectivity index (χ1) is 6.56. The van der Waals surface area contributed by atoms with Crippen LogP contribution in [0.15, 0.2) is 12.1 Å². The van der Waals surface area contributed by atoms with Crippen LogP contribution in [-0.2, 0) is 0 Å². The molecule has 1 unspecified atom stereocenters. The molecule has 0 aromatic heterocycles. The molecule has 4 N–H and O–H groups in total. The van der Waals surface area contributed by atoms with E-state index in [1.54, 1.807) is 0 Å². The van der Waals surface area contributed by atoms with E-state index in [1.807, 2.05) is 12.1 Å². The van der Waals surface area contributed by atoms with Crippen molar-refractivity contribution in [3.8, 4) is 5.75 Å². The third-order valence-corrected chi connectivity index (χ3v) is 3.55. The highest BCUT2D eigenvalue weighted by atomic mass is 127. The zero-order valence-corrected chi connectivity index (χ0v) is 11.7. The lowest BCUT2D eigenvalue weighted by Crippen LogP contribution is -2.12. The summed E-state index contributed by atoms with van der Waals surface area (Å²) in [6.07, 6.45) is 0.539. The third-order valence-electron chi connectivity index (χ3n) is 1.91. The maximum absolute atomic E-state index is 9.54. The van der Waals surface area contributed by atoms with E-state index in [0.29, 0.717) is 12.2 Å². The van der Waals surface area contributed by atoms with Crippen molar-refractivity contribution >= 4 is 45.2 Å². The largest absolute Gasteiger partial charge is 0.506 e. The number of hydrogen-bond donors (Lipinski definition) is 3. The Morgan fingerprint density at radius 2 is 1.79 bits per heavy atom. The van der Waals surface area contributed by atoms with E-state index in [1.165, 1.54) is 0 Å². The molecule has 0 fully saturated rings. The van der Waals surface area contributed by atoms with Crippen LogP contribution in [0.2, 0.25) is 0 Å². The third kappa shape index (κ3) is 2.94. The predicted molar refractivity (Wildman–Crippen MR) is 72.2 cm³/mol. The van der Waals surface area contributed by atoms with Gasteiger partial charge in [-0.3, -0.25) is 0 Å². The summed E-state index contributed by atoms with van der Waals surface area (Å²) in [5, 5.41) is 18.3. The smallest absolute Gasteiger partial charge is 0.142 e. The molecule has 0 spiro atoms. The predicted octanol–water partition coefficient (Wildman–Crippen LogP) is 1.98. The van der Waals surface area contributed by atoms with Gasteiger partial charge in [-0.1, -0.05) is 0 Å². The lowest BCUT2D eigenvalue weighted by Gasteiger charge is -2.12. The minimum atomic E-state index is -0.164. The highest BCUT2D eigenvalue weighted by molar-refractivity contribution is 14.1. The van der Waals surface area contributed by atoms with Crippen LogP contribution in [0.25, 0.3) is 0 Å². The summed E-state index contributed by atoms with van der Waals surface area (Å²) in [6.45, 7) is 0.0786. The molecule has 1 aromatic rings. The molecule has 1 atom stereocenters. The topological polar surface area (TPSA) is 66.5 Å². The zero-order chi connectivity index (χ0) is 10.7. The van der Waals surface area contributed by atoms with Gasteiger partial charge in [0.25, 0.3) is 0 Å². The van der Waals surface area contributed by atoms with Crippen molar-refractivity contribution in [2.75, 3.05) is 6.61 Å². The quantitative estimate of drug-likeness (QED) is 0.657. The van der Waals surface area contributed by atoms with E-state index in [-0.39, 0.29) is 12.6 Å². The number of halogens is 2. The van der Waals surface area contributed by atoms with Gasteiger partial charge in [0, 0.05) is 12.6 Å². The molecule has 0 aliphatic rings. The maximum atomic E-state index is 9.54. The molecule has 0 heterocycles. The van der Waals surface area contributed by atoms with Gasteiger partial charge in [0.1, 0.15) is 5.75 Å². The molecule has 0 saturated heterocycles. The van der Waals surface area contributed by atoms with Crippen molar-refractivity contribution < 1.29 is 10.2 Å². The summed E-state index contributed by atoms with van der Waals surface area (Å²) in [5.41, 5.74) is 6.79. The van der Waals surface area contributed by atoms with Gasteiger partial charge < -0.3 is 15.9 Å². The van der Waals surface area contributed by atoms with Crippen molar-refractivity contribution in [2.24, 2.45) is 5.73 Å². The Labute approximate surface area is 110 Å². The van der Waals surface area contributed by atoms with Gasteiger partial charge in [0.05, 0.1) is 7.14 Å². The van der Waals surface area contributed by atoms with Crippen molar-refractivity contribution in [1.82, 2.24) is 0 Å². The van der Waals surface area contributed by atoms with Crippen LogP contribution in [0.5, 0.6) is 5.75 Å². The monoisotopic (exact) mass is 419 g/mol. The van der Waals surface area contributed by atoms with Crippen LogP contribution in [0.4, 0.5) is 0 Å². The summed E-state index contributed by atoms with van der Waals surface area (Å²) >= 11 is 4.13. The van der Waals surface area contributed by atoms with Crippen LogP contribution >= 0.6 is 45.2 Å². The molecule has 78 valence electrons. The second kappa shape index (κ2) is 5.47. The Balaban J connectivity index is 3.00. The molecule has 0 bridgehead atoms. The van der Waals surface area contributed by atoms with Gasteiger partial charge in [-0.05, 0) is 69.3 Å². The molecule has 0 saturated carbocycles. The van der Waals surface area contributed by atoms with Gasteiger partial charge in [0.2, 0.25) is 0 Å². The van der Waals surface area contributed by atoms with E-state index in [2.05, 4.69) is 45.2 Å². The number of aromatic hydroxyl groups is 1. The Morgan fingerprint density at radius 1 is 1.29 bits per heavy atom. The zero-order valence-electron chi connectivity index (χ0n) is 7.37. The number of aliphatic hydroxyl groups is 1. The molecule has 1 aromatic carbocycles. The Morgan fingerprint density at radius 3 is 2.21 bits per heavy atom. The number of aliphatic hydroxyl groups excluding tert-OH is 1. The number of nitrogens with two attached hydrogens (primary N) is 1. The molecule has 0 aliphatic carbocycles. The Kier molecular flexibility index (Phi) is 4.88. The molecule has 0 aliphatic heterocycles. The van der Waals surface area contributed by atoms with E-state index < -0.39 is 0 Å². The lowest BCUT2D eigenvalue weighted by atomic mass is 10.1. The van der Waals surface area contributed by atoms with Crippen LogP contribution in [0.1, 0.15) is 18.0 Å². The first-order valence-electron chi connectivity index (χ1n) is 4.10. The highest BCUT2D eigenvalue weighted by Gasteiger charge is 2.10. The molecule has 0 amide bonds. The number of benzene rings is 1. The molecular formula is C9H11I2NO2. The normalized spacial score (nSPS) is 12.9. The van der Waals surface area contributed by atoms with Gasteiger partial charge in [-0.25, -0.2) is 0 Å². The van der Waals surface area contributed by atoms with Crippen molar-refractivity contribution in [3.05, 3.63) is 24.8 Å². The molecule has 5 heteroatoms. The summed E-state index contributed by atoms with van der Waals surface area (Å²) in [4.78, 5) is 0. The highest BCUT2D eigenvalue weighted by Crippen LogP contribution is 2.29. The second-order valence-corrected chi connectivity index (χ2v) is 5.28. The van der Waals surface area contributed by atoms with Gasteiger partial charge in [-0.2, -0.15) is 0 Å². The van der Waals surface area contributed by atoms with Crippen molar-refractivity contribution in [3.63, 3.8) is 0 Å². The van der Waals surface area contributed by atoms with E-state index >= 15 is 0 Å². The van der Waals surface area contributed by atoms with E-state index in [4.69, 9.17) is 10.8 Å². The number of rotatable bonds is 3. The van der Waals surface area contributed by atoms with E-state index in [0.717, 1.165) is 12.7 Å². The standard InChI is InChI=1S/C9H11I2NO2/c10-6-3-5(8(12)1-2-13)4-7(11)9(6)14/h3-4,8,13-14H,1-2,12H2. The first kappa shape index (κ1) is 12.5. The Bertz CT molecular complexity index is 308. The maximum Gasteiger partial charge on any atom is 0.142 e. The lowest BCUT2D eigenvalue weighted by molar-refractivity contribution is 0.276. The van der Waals surface area contributed by atoms with Crippen LogP contribution in [-0.4, -0.2) is 16.8 Å². The average Bonchev–Trinajstić information content (AvgIpc) is 2.13. The van der Waals surface area contributed by atoms with Gasteiger partial charge in [-0.15, -0.1) is 0 Å². The summed E-state index contributed by atoms with van der Waals surface area (Å²) in [7, 11) is 0. The first-order valence-corrected chi connectivity index (χ1v) is 6.26. The van der Waals surface area contributed by atoms with Crippen molar-refractivity contribution in [1.29, 1.82) is 0 Å². The number of phenols is 1. The fourth-order valence-electron chi connectivity index (χ4n) is 1.10. The van der Waals surface area contributed by atoms with Crippen LogP contribution in [0.3, 0.4) is 0 Å². The van der Waals surface area contributed by atoms with Crippen LogP contribution < -0.4 is 5.73 Å². The molecule has 0 radical (unpaired) electrons. The van der Waals surface area contributed by atoms with Crippen molar-refractivity contribution in [2.45, 2.75) is 12.5 Å². The summed E-state index contributed by atoms with van der Waals surface area (Å²) in [6, 6.07) is 3.53. The fraction of sp³-hybridized carbons (Fsp3) is 0.333. The number of phenolic OH excluding ortho intramolecular Hbond substituents is 1. The van der Waals surface area contributed by atoms with Crippen LogP contribution in [0, 0.1) is 7.14 Å².